The average molecular weight is 351 g/mol. The van der Waals surface area contributed by atoms with Crippen molar-refractivity contribution in [2.75, 3.05) is 12.3 Å². The molecule has 7 nitrogen and oxygen atoms in total. The van der Waals surface area contributed by atoms with Crippen molar-refractivity contribution in [1.82, 2.24) is 25.1 Å². The number of benzene rings is 2. The number of amides is 2. The number of fused-ring (bicyclic) bond motifs is 1. The normalized spacial score (nSPS) is 13.4. The van der Waals surface area contributed by atoms with Crippen LogP contribution >= 0.6 is 11.8 Å². The van der Waals surface area contributed by atoms with E-state index in [2.05, 4.69) is 15.5 Å². The summed E-state index contributed by atoms with van der Waals surface area (Å²) in [5.41, 5.74) is 1.79. The molecule has 8 heteroatoms. The SMILES string of the molecule is O=C1c2ccccc2C(=O)N1CCSc1nnnn1-c1ccccc1. The Bertz CT molecular complexity index is 906. The van der Waals surface area contributed by atoms with Gasteiger partial charge in [0.25, 0.3) is 11.8 Å². The summed E-state index contributed by atoms with van der Waals surface area (Å²) in [7, 11) is 0. The van der Waals surface area contributed by atoms with E-state index in [1.54, 1.807) is 28.9 Å². The smallest absolute Gasteiger partial charge is 0.261 e. The molecular formula is C17H13N5O2S. The highest BCUT2D eigenvalue weighted by molar-refractivity contribution is 7.99. The van der Waals surface area contributed by atoms with Gasteiger partial charge < -0.3 is 0 Å². The Balaban J connectivity index is 1.44. The maximum absolute atomic E-state index is 12.3. The molecule has 0 N–H and O–H groups in total. The quantitative estimate of drug-likeness (QED) is 0.517. The molecule has 2 heterocycles. The van der Waals surface area contributed by atoms with E-state index < -0.39 is 0 Å². The molecule has 0 saturated heterocycles. The molecule has 0 unspecified atom stereocenters. The third-order valence-electron chi connectivity index (χ3n) is 3.87. The van der Waals surface area contributed by atoms with Gasteiger partial charge in [0.2, 0.25) is 5.16 Å². The minimum absolute atomic E-state index is 0.246. The first kappa shape index (κ1) is 15.5. The summed E-state index contributed by atoms with van der Waals surface area (Å²) in [6, 6.07) is 16.4. The minimum atomic E-state index is -0.246. The largest absolute Gasteiger partial charge is 0.273 e. The van der Waals surface area contributed by atoms with E-state index in [0.29, 0.717) is 28.6 Å². The van der Waals surface area contributed by atoms with E-state index in [1.165, 1.54) is 16.7 Å². The van der Waals surface area contributed by atoms with Crippen LogP contribution in [0.5, 0.6) is 0 Å². The lowest BCUT2D eigenvalue weighted by molar-refractivity contribution is 0.0664. The van der Waals surface area contributed by atoms with Crippen LogP contribution in [-0.4, -0.2) is 49.2 Å². The first-order valence-electron chi connectivity index (χ1n) is 7.67. The van der Waals surface area contributed by atoms with Crippen molar-refractivity contribution in [1.29, 1.82) is 0 Å². The second kappa shape index (κ2) is 6.48. The third-order valence-corrected chi connectivity index (χ3v) is 4.77. The van der Waals surface area contributed by atoms with Crippen molar-refractivity contribution in [2.24, 2.45) is 0 Å². The lowest BCUT2D eigenvalue weighted by Gasteiger charge is -2.13. The van der Waals surface area contributed by atoms with E-state index in [0.717, 1.165) is 5.69 Å². The van der Waals surface area contributed by atoms with Gasteiger partial charge in [-0.05, 0) is 34.7 Å². The Kier molecular flexibility index (Phi) is 4.02. The number of carbonyl (C=O) groups excluding carboxylic acids is 2. The summed E-state index contributed by atoms with van der Waals surface area (Å²) >= 11 is 1.40. The Morgan fingerprint density at radius 2 is 1.52 bits per heavy atom. The summed E-state index contributed by atoms with van der Waals surface area (Å²) in [5, 5.41) is 12.3. The Labute approximate surface area is 147 Å². The van der Waals surface area contributed by atoms with Crippen molar-refractivity contribution >= 4 is 23.6 Å². The zero-order valence-electron chi connectivity index (χ0n) is 13.1. The lowest BCUT2D eigenvalue weighted by Crippen LogP contribution is -2.31. The van der Waals surface area contributed by atoms with Gasteiger partial charge in [-0.1, -0.05) is 42.1 Å². The standard InChI is InChI=1S/C17H13N5O2S/c23-15-13-8-4-5-9-14(13)16(24)21(15)10-11-25-17-18-19-20-22(17)12-6-2-1-3-7-12/h1-9H,10-11H2. The molecular weight excluding hydrogens is 338 g/mol. The minimum Gasteiger partial charge on any atom is -0.273 e. The second-order valence-corrected chi connectivity index (χ2v) is 6.43. The number of nitrogens with zero attached hydrogens (tertiary/aromatic N) is 5. The number of hydrogen-bond donors (Lipinski definition) is 0. The molecule has 0 atom stereocenters. The van der Waals surface area contributed by atoms with E-state index in [1.807, 2.05) is 30.3 Å². The van der Waals surface area contributed by atoms with E-state index in [4.69, 9.17) is 0 Å². The van der Waals surface area contributed by atoms with Crippen molar-refractivity contribution < 1.29 is 9.59 Å². The molecule has 0 aliphatic carbocycles. The zero-order chi connectivity index (χ0) is 17.2. The van der Waals surface area contributed by atoms with Gasteiger partial charge in [0.05, 0.1) is 16.8 Å². The number of para-hydroxylation sites is 1. The van der Waals surface area contributed by atoms with Crippen LogP contribution in [0.4, 0.5) is 0 Å². The van der Waals surface area contributed by atoms with Crippen LogP contribution in [0.25, 0.3) is 5.69 Å². The highest BCUT2D eigenvalue weighted by Crippen LogP contribution is 2.24. The molecule has 0 fully saturated rings. The van der Waals surface area contributed by atoms with Crippen LogP contribution < -0.4 is 0 Å². The summed E-state index contributed by atoms with van der Waals surface area (Å²) < 4.78 is 1.63. The molecule has 1 aliphatic heterocycles. The van der Waals surface area contributed by atoms with Crippen molar-refractivity contribution in [2.45, 2.75) is 5.16 Å². The van der Waals surface area contributed by atoms with Crippen LogP contribution in [0.1, 0.15) is 20.7 Å². The molecule has 2 aromatic carbocycles. The van der Waals surface area contributed by atoms with Gasteiger partial charge in [-0.25, -0.2) is 0 Å². The molecule has 4 rings (SSSR count). The fourth-order valence-corrected chi connectivity index (χ4v) is 3.49. The number of rotatable bonds is 5. The maximum Gasteiger partial charge on any atom is 0.261 e. The number of aromatic nitrogens is 4. The topological polar surface area (TPSA) is 81.0 Å². The summed E-state index contributed by atoms with van der Waals surface area (Å²) in [5.74, 6) is 0.0197. The maximum atomic E-state index is 12.3. The van der Waals surface area contributed by atoms with Gasteiger partial charge in [-0.2, -0.15) is 4.68 Å². The molecule has 2 amide bonds. The molecule has 1 aliphatic rings. The molecule has 124 valence electrons. The molecule has 0 spiro atoms. The molecule has 0 saturated carbocycles. The van der Waals surface area contributed by atoms with Crippen LogP contribution in [-0.2, 0) is 0 Å². The van der Waals surface area contributed by atoms with Gasteiger partial charge in [0, 0.05) is 12.3 Å². The zero-order valence-corrected chi connectivity index (χ0v) is 13.9. The van der Waals surface area contributed by atoms with Crippen LogP contribution in [0.15, 0.2) is 59.8 Å². The highest BCUT2D eigenvalue weighted by Gasteiger charge is 2.34. The third kappa shape index (κ3) is 2.80. The summed E-state index contributed by atoms with van der Waals surface area (Å²) in [6.45, 7) is 0.304. The number of hydrogen-bond acceptors (Lipinski definition) is 6. The van der Waals surface area contributed by atoms with Crippen LogP contribution in [0.2, 0.25) is 0 Å². The number of tetrazole rings is 1. The monoisotopic (exact) mass is 351 g/mol. The van der Waals surface area contributed by atoms with Crippen molar-refractivity contribution in [3.63, 3.8) is 0 Å². The van der Waals surface area contributed by atoms with Gasteiger partial charge in [0.15, 0.2) is 0 Å². The van der Waals surface area contributed by atoms with Gasteiger partial charge in [-0.3, -0.25) is 14.5 Å². The van der Waals surface area contributed by atoms with E-state index >= 15 is 0 Å². The van der Waals surface area contributed by atoms with E-state index in [-0.39, 0.29) is 11.8 Å². The predicted octanol–water partition coefficient (Wildman–Crippen LogP) is 2.05. The molecule has 0 radical (unpaired) electrons. The molecule has 25 heavy (non-hydrogen) atoms. The second-order valence-electron chi connectivity index (χ2n) is 5.36. The first-order chi connectivity index (χ1) is 12.3. The summed E-state index contributed by atoms with van der Waals surface area (Å²) in [6.07, 6.45) is 0. The predicted molar refractivity (Wildman–Crippen MR) is 91.7 cm³/mol. The molecule has 3 aromatic rings. The fourth-order valence-electron chi connectivity index (χ4n) is 2.67. The Morgan fingerprint density at radius 3 is 2.20 bits per heavy atom. The number of carbonyl (C=O) groups is 2. The van der Waals surface area contributed by atoms with Gasteiger partial charge >= 0.3 is 0 Å². The molecule has 0 bridgehead atoms. The Morgan fingerprint density at radius 1 is 0.880 bits per heavy atom. The number of imide groups is 1. The summed E-state index contributed by atoms with van der Waals surface area (Å²) in [4.78, 5) is 25.9. The van der Waals surface area contributed by atoms with Crippen molar-refractivity contribution in [3.8, 4) is 5.69 Å². The van der Waals surface area contributed by atoms with Gasteiger partial charge in [0.1, 0.15) is 0 Å². The Hall–Kier alpha value is -3.00. The highest BCUT2D eigenvalue weighted by atomic mass is 32.2. The fraction of sp³-hybridized carbons (Fsp3) is 0.118. The lowest BCUT2D eigenvalue weighted by atomic mass is 10.1. The van der Waals surface area contributed by atoms with Crippen LogP contribution in [0.3, 0.4) is 0 Å². The van der Waals surface area contributed by atoms with E-state index in [9.17, 15) is 9.59 Å². The first-order valence-corrected chi connectivity index (χ1v) is 8.66. The number of thioether (sulfide) groups is 1. The van der Waals surface area contributed by atoms with Gasteiger partial charge in [-0.15, -0.1) is 5.10 Å². The van der Waals surface area contributed by atoms with Crippen LogP contribution in [0, 0.1) is 0 Å². The molecule has 1 aromatic heterocycles. The van der Waals surface area contributed by atoms with Crippen molar-refractivity contribution in [3.05, 3.63) is 65.7 Å². The average Bonchev–Trinajstić information content (AvgIpc) is 3.22.